The van der Waals surface area contributed by atoms with Crippen LogP contribution >= 0.6 is 11.8 Å². The first-order valence-electron chi connectivity index (χ1n) is 8.97. The number of likely N-dealkylation sites (N-methyl/N-ethyl adjacent to an activating group) is 1. The minimum absolute atomic E-state index is 0.0894. The van der Waals surface area contributed by atoms with Gasteiger partial charge in [-0.05, 0) is 27.0 Å². The summed E-state index contributed by atoms with van der Waals surface area (Å²) in [6.07, 6.45) is 1.79. The van der Waals surface area contributed by atoms with Gasteiger partial charge in [-0.25, -0.2) is 4.98 Å². The summed E-state index contributed by atoms with van der Waals surface area (Å²) in [6, 6.07) is 3.41. The molecule has 7 nitrogen and oxygen atoms in total. The molecule has 2 aliphatic heterocycles. The lowest BCUT2D eigenvalue weighted by Gasteiger charge is -2.34. The smallest absolute Gasteiger partial charge is 0.243 e. The zero-order valence-corrected chi connectivity index (χ0v) is 16.4. The molecule has 0 radical (unpaired) electrons. The highest BCUT2D eigenvalue weighted by atomic mass is 32.2. The van der Waals surface area contributed by atoms with Gasteiger partial charge < -0.3 is 20.4 Å². The Morgan fingerprint density at radius 2 is 2.12 bits per heavy atom. The summed E-state index contributed by atoms with van der Waals surface area (Å²) in [6.45, 7) is 8.03. The standard InChI is InChI=1S/C18H27N5O2S/c1-18(2)17(25)21-14(12-26-18)16(24)20-11-13-5-4-6-19-15(13)23-9-7-22(3)8-10-23/h4-6,14H,7-12H2,1-3H3,(H,20,24)(H,21,25). The molecule has 1 atom stereocenters. The van der Waals surface area contributed by atoms with Crippen molar-refractivity contribution in [3.8, 4) is 0 Å². The highest BCUT2D eigenvalue weighted by molar-refractivity contribution is 8.01. The molecule has 26 heavy (non-hydrogen) atoms. The van der Waals surface area contributed by atoms with Gasteiger partial charge in [-0.2, -0.15) is 0 Å². The average Bonchev–Trinajstić information content (AvgIpc) is 2.63. The number of amides is 2. The van der Waals surface area contributed by atoms with Gasteiger partial charge in [-0.1, -0.05) is 6.07 Å². The molecular weight excluding hydrogens is 350 g/mol. The van der Waals surface area contributed by atoms with Crippen molar-refractivity contribution in [2.24, 2.45) is 0 Å². The number of carbonyl (C=O) groups excluding carboxylic acids is 2. The van der Waals surface area contributed by atoms with E-state index in [-0.39, 0.29) is 11.8 Å². The molecule has 8 heteroatoms. The van der Waals surface area contributed by atoms with Gasteiger partial charge in [-0.15, -0.1) is 11.8 Å². The summed E-state index contributed by atoms with van der Waals surface area (Å²) < 4.78 is -0.477. The number of hydrogen-bond acceptors (Lipinski definition) is 6. The number of pyridine rings is 1. The number of anilines is 1. The summed E-state index contributed by atoms with van der Waals surface area (Å²) >= 11 is 1.51. The number of rotatable bonds is 4. The predicted octanol–water partition coefficient (Wildman–Crippen LogP) is 0.460. The second kappa shape index (κ2) is 7.84. The van der Waals surface area contributed by atoms with Crippen LogP contribution < -0.4 is 15.5 Å². The van der Waals surface area contributed by atoms with Crippen LogP contribution in [0.1, 0.15) is 19.4 Å². The molecule has 142 valence electrons. The molecule has 0 aliphatic carbocycles. The summed E-state index contributed by atoms with van der Waals surface area (Å²) in [5.41, 5.74) is 1.00. The molecule has 2 saturated heterocycles. The van der Waals surface area contributed by atoms with Gasteiger partial charge in [0.25, 0.3) is 0 Å². The number of carbonyl (C=O) groups is 2. The van der Waals surface area contributed by atoms with Crippen molar-refractivity contribution in [2.75, 3.05) is 43.9 Å². The maximum atomic E-state index is 12.5. The first-order chi connectivity index (χ1) is 12.4. The van der Waals surface area contributed by atoms with Crippen LogP contribution in [0.3, 0.4) is 0 Å². The zero-order chi connectivity index (χ0) is 18.7. The Kier molecular flexibility index (Phi) is 5.72. The fraction of sp³-hybridized carbons (Fsp3) is 0.611. The van der Waals surface area contributed by atoms with E-state index in [4.69, 9.17) is 0 Å². The molecular formula is C18H27N5O2S. The molecule has 2 N–H and O–H groups in total. The van der Waals surface area contributed by atoms with Crippen molar-refractivity contribution in [1.82, 2.24) is 20.5 Å². The first-order valence-corrected chi connectivity index (χ1v) is 9.95. The van der Waals surface area contributed by atoms with E-state index in [9.17, 15) is 9.59 Å². The lowest BCUT2D eigenvalue weighted by molar-refractivity contribution is -0.129. The second-order valence-electron chi connectivity index (χ2n) is 7.34. The van der Waals surface area contributed by atoms with Crippen LogP contribution in [0.5, 0.6) is 0 Å². The second-order valence-corrected chi connectivity index (χ2v) is 8.98. The van der Waals surface area contributed by atoms with Crippen LogP contribution in [-0.2, 0) is 16.1 Å². The van der Waals surface area contributed by atoms with Crippen LogP contribution in [-0.4, -0.2) is 71.5 Å². The van der Waals surface area contributed by atoms with E-state index in [1.54, 1.807) is 6.20 Å². The molecule has 0 aromatic carbocycles. The zero-order valence-electron chi connectivity index (χ0n) is 15.6. The molecule has 0 bridgehead atoms. The average molecular weight is 378 g/mol. The third kappa shape index (κ3) is 4.29. The fourth-order valence-electron chi connectivity index (χ4n) is 3.05. The lowest BCUT2D eigenvalue weighted by Crippen LogP contribution is -2.57. The van der Waals surface area contributed by atoms with Crippen LogP contribution in [0.15, 0.2) is 18.3 Å². The molecule has 1 aromatic rings. The lowest BCUT2D eigenvalue weighted by atomic mass is 10.1. The Labute approximate surface area is 158 Å². The Balaban J connectivity index is 1.60. The van der Waals surface area contributed by atoms with Gasteiger partial charge in [0.05, 0.1) is 4.75 Å². The topological polar surface area (TPSA) is 77.6 Å². The number of nitrogens with one attached hydrogen (secondary N) is 2. The molecule has 2 fully saturated rings. The molecule has 2 amide bonds. The number of hydrogen-bond donors (Lipinski definition) is 2. The number of piperazine rings is 1. The van der Waals surface area contributed by atoms with Gasteiger partial charge in [-0.3, -0.25) is 9.59 Å². The summed E-state index contributed by atoms with van der Waals surface area (Å²) in [4.78, 5) is 33.6. The number of thioether (sulfide) groups is 1. The molecule has 2 aliphatic rings. The van der Waals surface area contributed by atoms with E-state index in [1.807, 2.05) is 26.0 Å². The largest absolute Gasteiger partial charge is 0.354 e. The van der Waals surface area contributed by atoms with Gasteiger partial charge in [0.1, 0.15) is 11.9 Å². The molecule has 1 aromatic heterocycles. The third-order valence-corrected chi connectivity index (χ3v) is 6.31. The van der Waals surface area contributed by atoms with Crippen LogP contribution in [0.4, 0.5) is 5.82 Å². The molecule has 3 heterocycles. The van der Waals surface area contributed by atoms with E-state index in [0.717, 1.165) is 37.6 Å². The van der Waals surface area contributed by atoms with Crippen molar-refractivity contribution < 1.29 is 9.59 Å². The fourth-order valence-corrected chi connectivity index (χ4v) is 4.06. The van der Waals surface area contributed by atoms with Gasteiger partial charge in [0.15, 0.2) is 0 Å². The molecule has 0 saturated carbocycles. The monoisotopic (exact) mass is 377 g/mol. The molecule has 0 spiro atoms. The Morgan fingerprint density at radius 1 is 1.38 bits per heavy atom. The normalized spacial score (nSPS) is 23.4. The van der Waals surface area contributed by atoms with E-state index in [0.29, 0.717) is 12.3 Å². The van der Waals surface area contributed by atoms with Crippen molar-refractivity contribution >= 4 is 29.4 Å². The van der Waals surface area contributed by atoms with Crippen molar-refractivity contribution in [1.29, 1.82) is 0 Å². The van der Waals surface area contributed by atoms with Crippen molar-refractivity contribution in [3.05, 3.63) is 23.9 Å². The molecule has 3 rings (SSSR count). The highest BCUT2D eigenvalue weighted by Crippen LogP contribution is 2.29. The Morgan fingerprint density at radius 3 is 2.81 bits per heavy atom. The first kappa shape index (κ1) is 19.0. The maximum absolute atomic E-state index is 12.5. The third-order valence-electron chi connectivity index (χ3n) is 4.90. The maximum Gasteiger partial charge on any atom is 0.243 e. The van der Waals surface area contributed by atoms with E-state index in [2.05, 4.69) is 32.5 Å². The van der Waals surface area contributed by atoms with Crippen molar-refractivity contribution in [2.45, 2.75) is 31.2 Å². The van der Waals surface area contributed by atoms with Crippen LogP contribution in [0.25, 0.3) is 0 Å². The number of nitrogens with zero attached hydrogens (tertiary/aromatic N) is 3. The van der Waals surface area contributed by atoms with Gasteiger partial charge >= 0.3 is 0 Å². The SMILES string of the molecule is CN1CCN(c2ncccc2CNC(=O)C2CSC(C)(C)C(=O)N2)CC1. The van der Waals surface area contributed by atoms with Crippen LogP contribution in [0.2, 0.25) is 0 Å². The highest BCUT2D eigenvalue weighted by Gasteiger charge is 2.37. The van der Waals surface area contributed by atoms with Crippen LogP contribution in [0, 0.1) is 0 Å². The summed E-state index contributed by atoms with van der Waals surface area (Å²) in [5, 5.41) is 5.78. The minimum Gasteiger partial charge on any atom is -0.354 e. The number of aromatic nitrogens is 1. The summed E-state index contributed by atoms with van der Waals surface area (Å²) in [7, 11) is 2.12. The molecule has 1 unspecified atom stereocenters. The Hall–Kier alpha value is -1.80. The summed E-state index contributed by atoms with van der Waals surface area (Å²) in [5.74, 6) is 1.29. The quantitative estimate of drug-likeness (QED) is 0.794. The van der Waals surface area contributed by atoms with Crippen molar-refractivity contribution in [3.63, 3.8) is 0 Å². The predicted molar refractivity (Wildman–Crippen MR) is 104 cm³/mol. The van der Waals surface area contributed by atoms with E-state index >= 15 is 0 Å². The van der Waals surface area contributed by atoms with Gasteiger partial charge in [0, 0.05) is 50.2 Å². The van der Waals surface area contributed by atoms with Gasteiger partial charge in [0.2, 0.25) is 11.8 Å². The Bertz CT molecular complexity index is 673. The minimum atomic E-state index is -0.482. The van der Waals surface area contributed by atoms with E-state index < -0.39 is 10.8 Å². The van der Waals surface area contributed by atoms with E-state index in [1.165, 1.54) is 11.8 Å².